The highest BCUT2D eigenvalue weighted by Gasteiger charge is 2.13. The van der Waals surface area contributed by atoms with Crippen molar-refractivity contribution >= 4 is 33.3 Å². The highest BCUT2D eigenvalue weighted by atomic mass is 79.9. The Morgan fingerprint density at radius 1 is 1.44 bits per heavy atom. The summed E-state index contributed by atoms with van der Waals surface area (Å²) in [6, 6.07) is 5.75. The smallest absolute Gasteiger partial charge is 0.131 e. The van der Waals surface area contributed by atoms with Crippen LogP contribution in [0.5, 0.6) is 0 Å². The van der Waals surface area contributed by atoms with Crippen molar-refractivity contribution in [2.45, 2.75) is 26.8 Å². The van der Waals surface area contributed by atoms with Crippen molar-refractivity contribution in [1.29, 1.82) is 0 Å². The van der Waals surface area contributed by atoms with Crippen LogP contribution >= 0.6 is 27.5 Å². The van der Waals surface area contributed by atoms with E-state index in [2.05, 4.69) is 27.8 Å². The lowest BCUT2D eigenvalue weighted by Gasteiger charge is -2.06. The molecule has 1 aromatic carbocycles. The summed E-state index contributed by atoms with van der Waals surface area (Å²) in [7, 11) is 0. The van der Waals surface area contributed by atoms with Gasteiger partial charge in [0.1, 0.15) is 17.3 Å². The van der Waals surface area contributed by atoms with E-state index in [9.17, 15) is 0 Å². The van der Waals surface area contributed by atoms with Gasteiger partial charge in [0.05, 0.1) is 5.02 Å². The summed E-state index contributed by atoms with van der Waals surface area (Å²) in [4.78, 5) is 4.53. The van der Waals surface area contributed by atoms with Crippen molar-refractivity contribution in [3.8, 4) is 11.3 Å². The zero-order chi connectivity index (χ0) is 13.3. The lowest BCUT2D eigenvalue weighted by atomic mass is 10.1. The Bertz CT molecular complexity index is 578. The molecular weight excluding hydrogens is 314 g/mol. The zero-order valence-electron chi connectivity index (χ0n) is 10.4. The van der Waals surface area contributed by atoms with Crippen LogP contribution in [0.2, 0.25) is 5.02 Å². The first kappa shape index (κ1) is 13.4. The number of rotatable bonds is 3. The summed E-state index contributed by atoms with van der Waals surface area (Å²) in [5, 5.41) is 0.662. The van der Waals surface area contributed by atoms with Crippen LogP contribution in [-0.4, -0.2) is 9.55 Å². The van der Waals surface area contributed by atoms with Crippen molar-refractivity contribution in [3.63, 3.8) is 0 Å². The van der Waals surface area contributed by atoms with Crippen molar-refractivity contribution in [2.75, 3.05) is 5.73 Å². The average molecular weight is 329 g/mol. The highest BCUT2D eigenvalue weighted by molar-refractivity contribution is 9.10. The number of halogens is 2. The van der Waals surface area contributed by atoms with E-state index >= 15 is 0 Å². The normalized spacial score (nSPS) is 10.9. The molecule has 0 fully saturated rings. The van der Waals surface area contributed by atoms with E-state index < -0.39 is 0 Å². The third-order valence-electron chi connectivity index (χ3n) is 2.84. The van der Waals surface area contributed by atoms with Crippen molar-refractivity contribution in [2.24, 2.45) is 0 Å². The maximum atomic E-state index is 6.16. The Balaban J connectivity index is 2.50. The number of anilines is 1. The van der Waals surface area contributed by atoms with Crippen LogP contribution in [0.3, 0.4) is 0 Å². The molecule has 0 aliphatic rings. The zero-order valence-corrected chi connectivity index (χ0v) is 12.7. The first-order valence-electron chi connectivity index (χ1n) is 5.82. The Kier molecular flexibility index (Phi) is 3.97. The van der Waals surface area contributed by atoms with Crippen LogP contribution < -0.4 is 5.73 Å². The fourth-order valence-electron chi connectivity index (χ4n) is 1.94. The molecule has 0 amide bonds. The average Bonchev–Trinajstić information content (AvgIpc) is 2.61. The quantitative estimate of drug-likeness (QED) is 0.914. The molecule has 5 heteroatoms. The number of hydrogen-bond acceptors (Lipinski definition) is 2. The van der Waals surface area contributed by atoms with Crippen molar-refractivity contribution in [3.05, 3.63) is 33.5 Å². The molecule has 0 radical (unpaired) electrons. The molecule has 0 aliphatic heterocycles. The summed E-state index contributed by atoms with van der Waals surface area (Å²) in [6.07, 6.45) is 1.03. The molecule has 18 heavy (non-hydrogen) atoms. The predicted octanol–water partition coefficient (Wildman–Crippen LogP) is 4.27. The van der Waals surface area contributed by atoms with Gasteiger partial charge in [-0.15, -0.1) is 0 Å². The first-order chi connectivity index (χ1) is 8.54. The van der Waals surface area contributed by atoms with Crippen LogP contribution in [0.4, 0.5) is 5.82 Å². The minimum Gasteiger partial charge on any atom is -0.383 e. The molecule has 1 heterocycles. The van der Waals surface area contributed by atoms with E-state index in [0.717, 1.165) is 34.5 Å². The number of aromatic nitrogens is 2. The Morgan fingerprint density at radius 2 is 2.17 bits per heavy atom. The molecule has 0 atom stereocenters. The monoisotopic (exact) mass is 327 g/mol. The SMILES string of the molecule is CCCn1c(C)nc(-c2ccc(Br)c(Cl)c2)c1N. The lowest BCUT2D eigenvalue weighted by Crippen LogP contribution is -2.04. The second-order valence-electron chi connectivity index (χ2n) is 4.17. The maximum absolute atomic E-state index is 6.16. The minimum atomic E-state index is 0.662. The molecule has 0 spiro atoms. The van der Waals surface area contributed by atoms with Crippen LogP contribution in [0.15, 0.2) is 22.7 Å². The number of nitrogens with zero attached hydrogens (tertiary/aromatic N) is 2. The van der Waals surface area contributed by atoms with Crippen LogP contribution in [0.25, 0.3) is 11.3 Å². The second-order valence-corrected chi connectivity index (χ2v) is 5.43. The van der Waals surface area contributed by atoms with Gasteiger partial charge < -0.3 is 10.3 Å². The topological polar surface area (TPSA) is 43.8 Å². The Morgan fingerprint density at radius 3 is 2.78 bits per heavy atom. The summed E-state index contributed by atoms with van der Waals surface area (Å²) in [5.41, 5.74) is 7.90. The van der Waals surface area contributed by atoms with E-state index in [4.69, 9.17) is 17.3 Å². The van der Waals surface area contributed by atoms with Crippen LogP contribution in [0, 0.1) is 6.92 Å². The van der Waals surface area contributed by atoms with Crippen LogP contribution in [-0.2, 0) is 6.54 Å². The molecule has 3 nitrogen and oxygen atoms in total. The molecule has 0 unspecified atom stereocenters. The van der Waals surface area contributed by atoms with Crippen molar-refractivity contribution in [1.82, 2.24) is 9.55 Å². The third-order valence-corrected chi connectivity index (χ3v) is 4.07. The fourth-order valence-corrected chi connectivity index (χ4v) is 2.37. The Hall–Kier alpha value is -1.00. The van der Waals surface area contributed by atoms with Gasteiger partial charge >= 0.3 is 0 Å². The first-order valence-corrected chi connectivity index (χ1v) is 6.99. The molecule has 2 rings (SSSR count). The van der Waals surface area contributed by atoms with E-state index in [1.54, 1.807) is 0 Å². The maximum Gasteiger partial charge on any atom is 0.131 e. The van der Waals surface area contributed by atoms with E-state index in [1.807, 2.05) is 29.7 Å². The number of nitrogen functional groups attached to an aromatic ring is 1. The summed E-state index contributed by atoms with van der Waals surface area (Å²) >= 11 is 9.48. The molecule has 0 saturated heterocycles. The number of imidazole rings is 1. The molecular formula is C13H15BrClN3. The van der Waals surface area contributed by atoms with Crippen LogP contribution in [0.1, 0.15) is 19.2 Å². The summed E-state index contributed by atoms with van der Waals surface area (Å²) in [6.45, 7) is 4.97. The lowest BCUT2D eigenvalue weighted by molar-refractivity contribution is 0.665. The van der Waals surface area contributed by atoms with E-state index in [-0.39, 0.29) is 0 Å². The number of benzene rings is 1. The fraction of sp³-hybridized carbons (Fsp3) is 0.308. The van der Waals surface area contributed by atoms with Gasteiger partial charge in [-0.05, 0) is 41.4 Å². The van der Waals surface area contributed by atoms with Gasteiger partial charge in [0, 0.05) is 16.6 Å². The van der Waals surface area contributed by atoms with Crippen molar-refractivity contribution < 1.29 is 0 Å². The molecule has 0 bridgehead atoms. The van der Waals surface area contributed by atoms with Gasteiger partial charge in [-0.1, -0.05) is 24.6 Å². The minimum absolute atomic E-state index is 0.662. The van der Waals surface area contributed by atoms with Gasteiger partial charge in [-0.25, -0.2) is 4.98 Å². The molecule has 1 aromatic heterocycles. The molecule has 0 aliphatic carbocycles. The number of aryl methyl sites for hydroxylation is 1. The molecule has 0 saturated carbocycles. The van der Waals surface area contributed by atoms with Gasteiger partial charge in [-0.2, -0.15) is 0 Å². The number of nitrogens with two attached hydrogens (primary N) is 1. The predicted molar refractivity (Wildman–Crippen MR) is 79.8 cm³/mol. The number of hydrogen-bond donors (Lipinski definition) is 1. The standard InChI is InChI=1S/C13H15BrClN3/c1-3-6-18-8(2)17-12(13(18)16)9-4-5-10(14)11(15)7-9/h4-5,7H,3,6,16H2,1-2H3. The highest BCUT2D eigenvalue weighted by Crippen LogP contribution is 2.31. The van der Waals surface area contributed by atoms with Gasteiger partial charge in [-0.3, -0.25) is 0 Å². The van der Waals surface area contributed by atoms with E-state index in [0.29, 0.717) is 10.8 Å². The molecule has 96 valence electrons. The largest absolute Gasteiger partial charge is 0.383 e. The second kappa shape index (κ2) is 5.33. The molecule has 2 N–H and O–H groups in total. The third kappa shape index (κ3) is 2.40. The van der Waals surface area contributed by atoms with Gasteiger partial charge in [0.15, 0.2) is 0 Å². The summed E-state index contributed by atoms with van der Waals surface area (Å²) in [5.74, 6) is 1.64. The van der Waals surface area contributed by atoms with Gasteiger partial charge in [0.25, 0.3) is 0 Å². The summed E-state index contributed by atoms with van der Waals surface area (Å²) < 4.78 is 2.90. The molecule has 2 aromatic rings. The Labute approximate surface area is 120 Å². The van der Waals surface area contributed by atoms with Gasteiger partial charge in [0.2, 0.25) is 0 Å². The van der Waals surface area contributed by atoms with E-state index in [1.165, 1.54) is 0 Å².